The van der Waals surface area contributed by atoms with Gasteiger partial charge in [0.25, 0.3) is 5.91 Å². The fourth-order valence-corrected chi connectivity index (χ4v) is 5.16. The number of hydrogen-bond donors (Lipinski definition) is 0. The Morgan fingerprint density at radius 1 is 0.900 bits per heavy atom. The van der Waals surface area contributed by atoms with Crippen LogP contribution in [-0.2, 0) is 5.41 Å². The zero-order valence-corrected chi connectivity index (χ0v) is 19.2. The molecule has 1 amide bonds. The van der Waals surface area contributed by atoms with E-state index in [9.17, 15) is 4.79 Å². The maximum Gasteiger partial charge on any atom is 0.258 e. The van der Waals surface area contributed by atoms with Gasteiger partial charge in [-0.2, -0.15) is 0 Å². The van der Waals surface area contributed by atoms with E-state index in [-0.39, 0.29) is 11.3 Å². The van der Waals surface area contributed by atoms with E-state index in [1.165, 1.54) is 16.7 Å². The summed E-state index contributed by atoms with van der Waals surface area (Å²) in [7, 11) is 0. The van der Waals surface area contributed by atoms with Gasteiger partial charge >= 0.3 is 0 Å². The molecule has 0 radical (unpaired) electrons. The standard InChI is InChI=1S/C26H25Cl2NO/c1-17-10-13-23-20(14-17)26(4,19-8-6-5-7-9-19)16-25(2,3)29(23)24(30)18-11-12-21(27)22(28)15-18/h5-15H,16H2,1-4H3/t26-/m1/s1. The van der Waals surface area contributed by atoms with E-state index < -0.39 is 5.54 Å². The molecular weight excluding hydrogens is 413 g/mol. The lowest BCUT2D eigenvalue weighted by molar-refractivity contribution is 0.0948. The van der Waals surface area contributed by atoms with Crippen LogP contribution >= 0.6 is 23.2 Å². The van der Waals surface area contributed by atoms with Crippen molar-refractivity contribution in [3.8, 4) is 0 Å². The Bertz CT molecular complexity index is 1120. The summed E-state index contributed by atoms with van der Waals surface area (Å²) in [6.07, 6.45) is 0.799. The second kappa shape index (κ2) is 7.44. The first-order chi connectivity index (χ1) is 14.1. The highest BCUT2D eigenvalue weighted by Gasteiger charge is 2.47. The quantitative estimate of drug-likeness (QED) is 0.407. The Labute approximate surface area is 188 Å². The van der Waals surface area contributed by atoms with Crippen LogP contribution in [0.15, 0.2) is 66.7 Å². The lowest BCUT2D eigenvalue weighted by atomic mass is 9.65. The van der Waals surface area contributed by atoms with Crippen LogP contribution in [0.1, 0.15) is 54.2 Å². The van der Waals surface area contributed by atoms with Gasteiger partial charge in [-0.15, -0.1) is 0 Å². The predicted octanol–water partition coefficient (Wildman–Crippen LogP) is 7.44. The molecular formula is C26H25Cl2NO. The zero-order chi connectivity index (χ0) is 21.7. The van der Waals surface area contributed by atoms with E-state index in [0.29, 0.717) is 15.6 Å². The first-order valence-electron chi connectivity index (χ1n) is 10.1. The van der Waals surface area contributed by atoms with Gasteiger partial charge in [0.1, 0.15) is 0 Å². The molecule has 4 heteroatoms. The molecule has 0 N–H and O–H groups in total. The number of carbonyl (C=O) groups is 1. The number of halogens is 2. The largest absolute Gasteiger partial charge is 0.302 e. The van der Waals surface area contributed by atoms with E-state index in [2.05, 4.69) is 70.2 Å². The molecule has 1 atom stereocenters. The fourth-order valence-electron chi connectivity index (χ4n) is 4.86. The number of carbonyl (C=O) groups excluding carboxylic acids is 1. The molecule has 4 rings (SSSR count). The number of hydrogen-bond acceptors (Lipinski definition) is 1. The van der Waals surface area contributed by atoms with Gasteiger partial charge in [-0.25, -0.2) is 0 Å². The van der Waals surface area contributed by atoms with Crippen molar-refractivity contribution in [3.05, 3.63) is 99.0 Å². The fraction of sp³-hybridized carbons (Fsp3) is 0.269. The van der Waals surface area contributed by atoms with Gasteiger partial charge < -0.3 is 4.90 Å². The third-order valence-electron chi connectivity index (χ3n) is 6.16. The first-order valence-corrected chi connectivity index (χ1v) is 10.9. The van der Waals surface area contributed by atoms with Crippen LogP contribution in [0.4, 0.5) is 5.69 Å². The van der Waals surface area contributed by atoms with Gasteiger partial charge in [0.05, 0.1) is 10.0 Å². The lowest BCUT2D eigenvalue weighted by Crippen LogP contribution is -2.55. The van der Waals surface area contributed by atoms with Crippen molar-refractivity contribution in [1.82, 2.24) is 0 Å². The molecule has 1 aliphatic rings. The monoisotopic (exact) mass is 437 g/mol. The molecule has 0 fully saturated rings. The number of benzene rings is 3. The maximum absolute atomic E-state index is 13.7. The zero-order valence-electron chi connectivity index (χ0n) is 17.7. The van der Waals surface area contributed by atoms with E-state index in [4.69, 9.17) is 23.2 Å². The van der Waals surface area contributed by atoms with Gasteiger partial charge in [-0.05, 0) is 62.6 Å². The summed E-state index contributed by atoms with van der Waals surface area (Å²) in [4.78, 5) is 15.6. The number of anilines is 1. The Morgan fingerprint density at radius 2 is 1.60 bits per heavy atom. The Kier molecular flexibility index (Phi) is 5.20. The van der Waals surface area contributed by atoms with Crippen LogP contribution < -0.4 is 4.90 Å². The molecule has 0 aromatic heterocycles. The van der Waals surface area contributed by atoms with Gasteiger partial charge in [0, 0.05) is 22.2 Å². The summed E-state index contributed by atoms with van der Waals surface area (Å²) in [5.41, 5.74) is 4.47. The molecule has 0 unspecified atom stereocenters. The van der Waals surface area contributed by atoms with Crippen LogP contribution in [-0.4, -0.2) is 11.4 Å². The minimum atomic E-state index is -0.407. The van der Waals surface area contributed by atoms with Gasteiger partial charge in [0.2, 0.25) is 0 Å². The van der Waals surface area contributed by atoms with Crippen molar-refractivity contribution in [2.75, 3.05) is 4.90 Å². The topological polar surface area (TPSA) is 20.3 Å². The summed E-state index contributed by atoms with van der Waals surface area (Å²) >= 11 is 12.3. The van der Waals surface area contributed by atoms with Crippen LogP contribution in [0.3, 0.4) is 0 Å². The summed E-state index contributed by atoms with van der Waals surface area (Å²) in [5.74, 6) is -0.0706. The van der Waals surface area contributed by atoms with Gasteiger partial charge in [-0.1, -0.05) is 78.2 Å². The van der Waals surface area contributed by atoms with Crippen LogP contribution in [0.25, 0.3) is 0 Å². The highest BCUT2D eigenvalue weighted by molar-refractivity contribution is 6.42. The molecule has 3 aromatic rings. The minimum absolute atomic E-state index is 0.0706. The van der Waals surface area contributed by atoms with Crippen LogP contribution in [0, 0.1) is 6.92 Å². The van der Waals surface area contributed by atoms with E-state index in [1.54, 1.807) is 18.2 Å². The van der Waals surface area contributed by atoms with Crippen molar-refractivity contribution < 1.29 is 4.79 Å². The summed E-state index contributed by atoms with van der Waals surface area (Å²) in [6, 6.07) is 22.0. The molecule has 0 bridgehead atoms. The molecule has 2 nitrogen and oxygen atoms in total. The second-order valence-corrected chi connectivity index (χ2v) is 9.79. The highest BCUT2D eigenvalue weighted by Crippen LogP contribution is 2.51. The normalized spacial score (nSPS) is 20.0. The Balaban J connectivity index is 1.91. The summed E-state index contributed by atoms with van der Waals surface area (Å²) in [5, 5.41) is 0.828. The van der Waals surface area contributed by atoms with Crippen LogP contribution in [0.5, 0.6) is 0 Å². The van der Waals surface area contributed by atoms with Crippen molar-refractivity contribution in [3.63, 3.8) is 0 Å². The molecule has 0 saturated heterocycles. The van der Waals surface area contributed by atoms with E-state index in [0.717, 1.165) is 12.1 Å². The molecule has 1 aliphatic heterocycles. The number of aryl methyl sites for hydroxylation is 1. The van der Waals surface area contributed by atoms with E-state index in [1.807, 2.05) is 11.0 Å². The average molecular weight is 438 g/mol. The smallest absolute Gasteiger partial charge is 0.258 e. The number of nitrogens with zero attached hydrogens (tertiary/aromatic N) is 1. The summed E-state index contributed by atoms with van der Waals surface area (Å²) in [6.45, 7) is 8.64. The molecule has 0 aliphatic carbocycles. The predicted molar refractivity (Wildman–Crippen MR) is 126 cm³/mol. The summed E-state index contributed by atoms with van der Waals surface area (Å²) < 4.78 is 0. The third kappa shape index (κ3) is 3.42. The van der Waals surface area contributed by atoms with Crippen molar-refractivity contribution in [1.29, 1.82) is 0 Å². The molecule has 30 heavy (non-hydrogen) atoms. The number of amides is 1. The molecule has 154 valence electrons. The first kappa shape index (κ1) is 21.0. The SMILES string of the molecule is Cc1ccc2c(c1)[C@@](C)(c1ccccc1)CC(C)(C)N2C(=O)c1ccc(Cl)c(Cl)c1. The highest BCUT2D eigenvalue weighted by atomic mass is 35.5. The van der Waals surface area contributed by atoms with Gasteiger partial charge in [0.15, 0.2) is 0 Å². The van der Waals surface area contributed by atoms with Crippen molar-refractivity contribution in [2.45, 2.75) is 45.1 Å². The van der Waals surface area contributed by atoms with Crippen molar-refractivity contribution >= 4 is 34.8 Å². The average Bonchev–Trinajstić information content (AvgIpc) is 2.70. The third-order valence-corrected chi connectivity index (χ3v) is 6.90. The van der Waals surface area contributed by atoms with Crippen molar-refractivity contribution in [2.24, 2.45) is 0 Å². The van der Waals surface area contributed by atoms with Gasteiger partial charge in [-0.3, -0.25) is 4.79 Å². The lowest BCUT2D eigenvalue weighted by Gasteiger charge is -2.51. The minimum Gasteiger partial charge on any atom is -0.302 e. The molecule has 3 aromatic carbocycles. The molecule has 1 heterocycles. The Hall–Kier alpha value is -2.29. The van der Waals surface area contributed by atoms with E-state index >= 15 is 0 Å². The number of rotatable bonds is 2. The maximum atomic E-state index is 13.7. The molecule has 0 saturated carbocycles. The second-order valence-electron chi connectivity index (χ2n) is 8.98. The van der Waals surface area contributed by atoms with Crippen LogP contribution in [0.2, 0.25) is 10.0 Å². The number of fused-ring (bicyclic) bond motifs is 1. The Morgan fingerprint density at radius 3 is 2.27 bits per heavy atom. The molecule has 0 spiro atoms.